The van der Waals surface area contributed by atoms with Gasteiger partial charge in [-0.25, -0.2) is 4.98 Å². The van der Waals surface area contributed by atoms with Gasteiger partial charge in [0.15, 0.2) is 0 Å². The van der Waals surface area contributed by atoms with E-state index in [1.165, 1.54) is 0 Å². The maximum atomic E-state index is 5.68. The molecular formula is C13H17N3O. The van der Waals surface area contributed by atoms with Crippen LogP contribution in [0.5, 0.6) is 0 Å². The number of nitrogens with two attached hydrogens (primary N) is 1. The predicted molar refractivity (Wildman–Crippen MR) is 68.9 cm³/mol. The minimum absolute atomic E-state index is 0.688. The second-order valence-electron chi connectivity index (χ2n) is 4.28. The summed E-state index contributed by atoms with van der Waals surface area (Å²) in [4.78, 5) is 6.39. The summed E-state index contributed by atoms with van der Waals surface area (Å²) in [7, 11) is 1.99. The van der Waals surface area contributed by atoms with Gasteiger partial charge in [0.2, 0.25) is 0 Å². The summed E-state index contributed by atoms with van der Waals surface area (Å²) in [6, 6.07) is 5.87. The quantitative estimate of drug-likeness (QED) is 0.881. The van der Waals surface area contributed by atoms with Crippen LogP contribution in [0.1, 0.15) is 17.1 Å². The molecule has 0 aliphatic rings. The molecule has 0 saturated heterocycles. The first kappa shape index (κ1) is 11.5. The van der Waals surface area contributed by atoms with Gasteiger partial charge in [0.25, 0.3) is 0 Å². The second-order valence-corrected chi connectivity index (χ2v) is 4.28. The lowest BCUT2D eigenvalue weighted by atomic mass is 10.2. The molecule has 0 fully saturated rings. The Labute approximate surface area is 101 Å². The van der Waals surface area contributed by atoms with Crippen molar-refractivity contribution in [3.05, 3.63) is 41.5 Å². The highest BCUT2D eigenvalue weighted by Gasteiger charge is 2.09. The van der Waals surface area contributed by atoms with Crippen molar-refractivity contribution in [3.8, 4) is 0 Å². The summed E-state index contributed by atoms with van der Waals surface area (Å²) in [5.74, 6) is 2.78. The number of nitrogen functional groups attached to an aromatic ring is 1. The largest absolute Gasteiger partial charge is 0.464 e. The van der Waals surface area contributed by atoms with E-state index in [9.17, 15) is 0 Å². The van der Waals surface area contributed by atoms with Gasteiger partial charge < -0.3 is 15.1 Å². The highest BCUT2D eigenvalue weighted by molar-refractivity contribution is 5.52. The monoisotopic (exact) mass is 231 g/mol. The third kappa shape index (κ3) is 2.58. The van der Waals surface area contributed by atoms with Crippen molar-refractivity contribution in [1.82, 2.24) is 4.98 Å². The Balaban J connectivity index is 2.17. The van der Waals surface area contributed by atoms with Crippen molar-refractivity contribution in [2.24, 2.45) is 0 Å². The van der Waals surface area contributed by atoms with Crippen LogP contribution in [0.2, 0.25) is 0 Å². The summed E-state index contributed by atoms with van der Waals surface area (Å²) >= 11 is 0. The van der Waals surface area contributed by atoms with Crippen LogP contribution in [0.4, 0.5) is 11.5 Å². The fourth-order valence-corrected chi connectivity index (χ4v) is 1.87. The Kier molecular flexibility index (Phi) is 3.04. The summed E-state index contributed by atoms with van der Waals surface area (Å²) in [6.45, 7) is 4.64. The zero-order valence-corrected chi connectivity index (χ0v) is 10.4. The summed E-state index contributed by atoms with van der Waals surface area (Å²) in [5, 5.41) is 0. The lowest BCUT2D eigenvalue weighted by Crippen LogP contribution is -2.18. The molecule has 4 nitrogen and oxygen atoms in total. The molecular weight excluding hydrogens is 214 g/mol. The van der Waals surface area contributed by atoms with Crippen LogP contribution in [-0.2, 0) is 6.54 Å². The topological polar surface area (TPSA) is 55.3 Å². The van der Waals surface area contributed by atoms with E-state index in [-0.39, 0.29) is 0 Å². The van der Waals surface area contributed by atoms with Gasteiger partial charge in [-0.05, 0) is 37.6 Å². The summed E-state index contributed by atoms with van der Waals surface area (Å²) < 4.78 is 5.55. The van der Waals surface area contributed by atoms with Crippen molar-refractivity contribution < 1.29 is 4.42 Å². The molecule has 0 saturated carbocycles. The molecule has 2 aromatic rings. The smallest absolute Gasteiger partial charge is 0.131 e. The number of rotatable bonds is 3. The normalized spacial score (nSPS) is 10.5. The SMILES string of the molecule is Cc1ccc(CN(C)c2ncc(N)cc2C)o1. The Hall–Kier alpha value is -1.97. The standard InChI is InChI=1S/C13H17N3O/c1-9-6-11(14)7-15-13(9)16(3)8-12-5-4-10(2)17-12/h4-7H,8,14H2,1-3H3. The number of hydrogen-bond acceptors (Lipinski definition) is 4. The van der Waals surface area contributed by atoms with E-state index in [0.29, 0.717) is 12.2 Å². The molecule has 0 radical (unpaired) electrons. The van der Waals surface area contributed by atoms with Gasteiger partial charge in [0.1, 0.15) is 17.3 Å². The first-order valence-electron chi connectivity index (χ1n) is 5.55. The molecule has 2 N–H and O–H groups in total. The van der Waals surface area contributed by atoms with E-state index >= 15 is 0 Å². The van der Waals surface area contributed by atoms with E-state index in [0.717, 1.165) is 22.9 Å². The second kappa shape index (κ2) is 4.49. The Morgan fingerprint density at radius 1 is 1.35 bits per heavy atom. The maximum absolute atomic E-state index is 5.68. The zero-order valence-electron chi connectivity index (χ0n) is 10.4. The molecule has 0 amide bonds. The molecule has 90 valence electrons. The van der Waals surface area contributed by atoms with E-state index in [1.54, 1.807) is 6.20 Å². The molecule has 0 spiro atoms. The molecule has 0 aromatic carbocycles. The van der Waals surface area contributed by atoms with Crippen LogP contribution in [0.15, 0.2) is 28.8 Å². The molecule has 2 heterocycles. The number of anilines is 2. The third-order valence-electron chi connectivity index (χ3n) is 2.62. The fraction of sp³-hybridized carbons (Fsp3) is 0.308. The Morgan fingerprint density at radius 2 is 2.12 bits per heavy atom. The third-order valence-corrected chi connectivity index (χ3v) is 2.62. The van der Waals surface area contributed by atoms with Gasteiger partial charge in [-0.2, -0.15) is 0 Å². The van der Waals surface area contributed by atoms with E-state index < -0.39 is 0 Å². The highest BCUT2D eigenvalue weighted by atomic mass is 16.3. The lowest BCUT2D eigenvalue weighted by Gasteiger charge is -2.19. The molecule has 0 atom stereocenters. The van der Waals surface area contributed by atoms with Crippen LogP contribution in [0, 0.1) is 13.8 Å². The van der Waals surface area contributed by atoms with E-state index in [4.69, 9.17) is 10.2 Å². The zero-order chi connectivity index (χ0) is 12.4. The van der Waals surface area contributed by atoms with Crippen LogP contribution in [0.25, 0.3) is 0 Å². The average Bonchev–Trinajstić information content (AvgIpc) is 2.63. The highest BCUT2D eigenvalue weighted by Crippen LogP contribution is 2.20. The van der Waals surface area contributed by atoms with Gasteiger partial charge in [-0.1, -0.05) is 0 Å². The van der Waals surface area contributed by atoms with Gasteiger partial charge >= 0.3 is 0 Å². The number of hydrogen-bond donors (Lipinski definition) is 1. The molecule has 2 rings (SSSR count). The Morgan fingerprint density at radius 3 is 2.71 bits per heavy atom. The van der Waals surface area contributed by atoms with Crippen LogP contribution < -0.4 is 10.6 Å². The fourth-order valence-electron chi connectivity index (χ4n) is 1.87. The summed E-state index contributed by atoms with van der Waals surface area (Å²) in [5.41, 5.74) is 7.44. The summed E-state index contributed by atoms with van der Waals surface area (Å²) in [6.07, 6.45) is 1.67. The lowest BCUT2D eigenvalue weighted by molar-refractivity contribution is 0.481. The first-order chi connectivity index (χ1) is 8.06. The van der Waals surface area contributed by atoms with E-state index in [1.807, 2.05) is 44.0 Å². The van der Waals surface area contributed by atoms with Crippen LogP contribution >= 0.6 is 0 Å². The molecule has 0 unspecified atom stereocenters. The Bertz CT molecular complexity index is 519. The number of nitrogens with zero attached hydrogens (tertiary/aromatic N) is 2. The molecule has 2 aromatic heterocycles. The average molecular weight is 231 g/mol. The van der Waals surface area contributed by atoms with Gasteiger partial charge in [0.05, 0.1) is 18.4 Å². The maximum Gasteiger partial charge on any atom is 0.131 e. The predicted octanol–water partition coefficient (Wildman–Crippen LogP) is 2.51. The van der Waals surface area contributed by atoms with Crippen molar-refractivity contribution >= 4 is 11.5 Å². The van der Waals surface area contributed by atoms with Gasteiger partial charge in [-0.15, -0.1) is 0 Å². The van der Waals surface area contributed by atoms with Crippen molar-refractivity contribution in [2.45, 2.75) is 20.4 Å². The molecule has 0 aliphatic carbocycles. The number of aryl methyl sites for hydroxylation is 2. The number of aromatic nitrogens is 1. The van der Waals surface area contributed by atoms with Crippen molar-refractivity contribution in [3.63, 3.8) is 0 Å². The minimum atomic E-state index is 0.688. The molecule has 17 heavy (non-hydrogen) atoms. The van der Waals surface area contributed by atoms with Gasteiger partial charge in [0, 0.05) is 7.05 Å². The minimum Gasteiger partial charge on any atom is -0.464 e. The number of pyridine rings is 1. The van der Waals surface area contributed by atoms with Gasteiger partial charge in [-0.3, -0.25) is 0 Å². The molecule has 0 aliphatic heterocycles. The molecule has 4 heteroatoms. The van der Waals surface area contributed by atoms with Crippen LogP contribution in [0.3, 0.4) is 0 Å². The number of furan rings is 1. The van der Waals surface area contributed by atoms with Crippen molar-refractivity contribution in [2.75, 3.05) is 17.7 Å². The first-order valence-corrected chi connectivity index (χ1v) is 5.55. The van der Waals surface area contributed by atoms with E-state index in [2.05, 4.69) is 4.98 Å². The van der Waals surface area contributed by atoms with Crippen LogP contribution in [-0.4, -0.2) is 12.0 Å². The van der Waals surface area contributed by atoms with Crippen molar-refractivity contribution in [1.29, 1.82) is 0 Å². The molecule has 0 bridgehead atoms.